The maximum absolute atomic E-state index is 13.0. The van der Waals surface area contributed by atoms with Crippen molar-refractivity contribution in [2.75, 3.05) is 20.5 Å². The zero-order valence-corrected chi connectivity index (χ0v) is 17.1. The van der Waals surface area contributed by atoms with Crippen LogP contribution in [0, 0.1) is 0 Å². The molecule has 1 aromatic heterocycles. The monoisotopic (exact) mass is 409 g/mol. The van der Waals surface area contributed by atoms with Gasteiger partial charge in [-0.15, -0.1) is 0 Å². The summed E-state index contributed by atoms with van der Waals surface area (Å²) in [6.07, 6.45) is 1.94. The first-order valence-electron chi connectivity index (χ1n) is 9.84. The van der Waals surface area contributed by atoms with E-state index >= 15 is 0 Å². The number of carbonyl (C=O) groups excluding carboxylic acids is 2. The predicted octanol–water partition coefficient (Wildman–Crippen LogP) is 3.87. The summed E-state index contributed by atoms with van der Waals surface area (Å²) < 4.78 is 23.2. The molecule has 1 aliphatic heterocycles. The van der Waals surface area contributed by atoms with Crippen molar-refractivity contribution in [2.45, 2.75) is 26.3 Å². The van der Waals surface area contributed by atoms with Gasteiger partial charge in [-0.3, -0.25) is 4.79 Å². The average molecular weight is 409 g/mol. The number of esters is 2. The molecule has 2 heterocycles. The van der Waals surface area contributed by atoms with Crippen LogP contribution in [0.15, 0.2) is 42.6 Å². The number of hydrogen-bond donors (Lipinski definition) is 0. The SMILES string of the molecule is CCOC(=O)C(c1ccc2c(c1)OCO2)c1cn(CC)c2cc(C(=O)OC)ccc12. The Morgan fingerprint density at radius 3 is 2.63 bits per heavy atom. The van der Waals surface area contributed by atoms with E-state index in [4.69, 9.17) is 18.9 Å². The standard InChI is InChI=1S/C23H23NO6/c1-4-24-12-17(16-8-6-15(10-18(16)24)22(25)27-3)21(23(26)28-5-2)14-7-9-19-20(11-14)30-13-29-19/h6-12,21H,4-5,13H2,1-3H3. The van der Waals surface area contributed by atoms with Crippen molar-refractivity contribution in [3.8, 4) is 11.5 Å². The van der Waals surface area contributed by atoms with Crippen LogP contribution in [0.3, 0.4) is 0 Å². The summed E-state index contributed by atoms with van der Waals surface area (Å²) in [6, 6.07) is 10.8. The molecule has 3 aromatic rings. The van der Waals surface area contributed by atoms with Gasteiger partial charge < -0.3 is 23.5 Å². The van der Waals surface area contributed by atoms with E-state index < -0.39 is 11.9 Å². The van der Waals surface area contributed by atoms with E-state index in [1.54, 1.807) is 25.1 Å². The Morgan fingerprint density at radius 1 is 1.10 bits per heavy atom. The third-order valence-electron chi connectivity index (χ3n) is 5.24. The molecule has 0 amide bonds. The van der Waals surface area contributed by atoms with Gasteiger partial charge in [-0.05, 0) is 49.2 Å². The molecular weight excluding hydrogens is 386 g/mol. The van der Waals surface area contributed by atoms with E-state index in [1.807, 2.05) is 35.9 Å². The molecule has 0 bridgehead atoms. The quantitative estimate of drug-likeness (QED) is 0.575. The van der Waals surface area contributed by atoms with E-state index in [-0.39, 0.29) is 19.4 Å². The third kappa shape index (κ3) is 3.36. The fourth-order valence-electron chi connectivity index (χ4n) is 3.82. The van der Waals surface area contributed by atoms with Gasteiger partial charge in [-0.1, -0.05) is 12.1 Å². The van der Waals surface area contributed by atoms with E-state index in [1.165, 1.54) is 7.11 Å². The fraction of sp³-hybridized carbons (Fsp3) is 0.304. The lowest BCUT2D eigenvalue weighted by Gasteiger charge is -2.16. The lowest BCUT2D eigenvalue weighted by atomic mass is 9.90. The Labute approximate surface area is 174 Å². The molecule has 0 saturated heterocycles. The zero-order valence-electron chi connectivity index (χ0n) is 17.1. The fourth-order valence-corrected chi connectivity index (χ4v) is 3.82. The van der Waals surface area contributed by atoms with E-state index in [2.05, 4.69) is 0 Å². The smallest absolute Gasteiger partial charge is 0.337 e. The summed E-state index contributed by atoms with van der Waals surface area (Å²) in [6.45, 7) is 4.91. The van der Waals surface area contributed by atoms with Crippen LogP contribution in [-0.4, -0.2) is 37.0 Å². The lowest BCUT2D eigenvalue weighted by molar-refractivity contribution is -0.143. The first kappa shape index (κ1) is 19.8. The van der Waals surface area contributed by atoms with Crippen molar-refractivity contribution in [2.24, 2.45) is 0 Å². The highest BCUT2D eigenvalue weighted by atomic mass is 16.7. The van der Waals surface area contributed by atoms with Crippen LogP contribution in [0.25, 0.3) is 10.9 Å². The second kappa shape index (κ2) is 8.10. The van der Waals surface area contributed by atoms with Gasteiger partial charge in [0, 0.05) is 23.6 Å². The molecule has 1 aliphatic rings. The van der Waals surface area contributed by atoms with Gasteiger partial charge in [0.2, 0.25) is 6.79 Å². The Bertz CT molecular complexity index is 1120. The number of methoxy groups -OCH3 is 1. The minimum Gasteiger partial charge on any atom is -0.465 e. The molecule has 2 aromatic carbocycles. The highest BCUT2D eigenvalue weighted by Crippen LogP contribution is 2.39. The summed E-state index contributed by atoms with van der Waals surface area (Å²) in [5, 5.41) is 0.875. The molecule has 0 spiro atoms. The first-order chi connectivity index (χ1) is 14.6. The van der Waals surface area contributed by atoms with Crippen LogP contribution >= 0.6 is 0 Å². The topological polar surface area (TPSA) is 76.0 Å². The minimum absolute atomic E-state index is 0.161. The van der Waals surface area contributed by atoms with E-state index in [9.17, 15) is 9.59 Å². The second-order valence-electron chi connectivity index (χ2n) is 6.89. The van der Waals surface area contributed by atoms with Gasteiger partial charge in [-0.25, -0.2) is 4.79 Å². The summed E-state index contributed by atoms with van der Waals surface area (Å²) in [4.78, 5) is 25.0. The van der Waals surface area contributed by atoms with Gasteiger partial charge in [-0.2, -0.15) is 0 Å². The molecule has 0 fully saturated rings. The Kier molecular flexibility index (Phi) is 5.35. The molecule has 1 unspecified atom stereocenters. The highest BCUT2D eigenvalue weighted by molar-refractivity contribution is 5.98. The maximum Gasteiger partial charge on any atom is 0.337 e. The van der Waals surface area contributed by atoms with Crippen LogP contribution in [0.1, 0.15) is 41.3 Å². The number of aromatic nitrogens is 1. The van der Waals surface area contributed by atoms with Crippen molar-refractivity contribution in [3.63, 3.8) is 0 Å². The van der Waals surface area contributed by atoms with Crippen molar-refractivity contribution in [1.82, 2.24) is 4.57 Å². The number of rotatable bonds is 6. The molecule has 0 aliphatic carbocycles. The molecule has 7 nitrogen and oxygen atoms in total. The zero-order chi connectivity index (χ0) is 21.3. The van der Waals surface area contributed by atoms with Crippen LogP contribution in [0.4, 0.5) is 0 Å². The van der Waals surface area contributed by atoms with Gasteiger partial charge >= 0.3 is 11.9 Å². The van der Waals surface area contributed by atoms with Crippen molar-refractivity contribution < 1.29 is 28.5 Å². The second-order valence-corrected chi connectivity index (χ2v) is 6.89. The van der Waals surface area contributed by atoms with Gasteiger partial charge in [0.1, 0.15) is 5.92 Å². The molecule has 7 heteroatoms. The number of hydrogen-bond acceptors (Lipinski definition) is 6. The van der Waals surface area contributed by atoms with Crippen LogP contribution < -0.4 is 9.47 Å². The summed E-state index contributed by atoms with van der Waals surface area (Å²) in [7, 11) is 1.35. The van der Waals surface area contributed by atoms with Crippen molar-refractivity contribution >= 4 is 22.8 Å². The van der Waals surface area contributed by atoms with Crippen LogP contribution in [0.2, 0.25) is 0 Å². The summed E-state index contributed by atoms with van der Waals surface area (Å²) in [5.41, 5.74) is 2.87. The molecule has 0 saturated carbocycles. The highest BCUT2D eigenvalue weighted by Gasteiger charge is 2.30. The predicted molar refractivity (Wildman–Crippen MR) is 110 cm³/mol. The van der Waals surface area contributed by atoms with Crippen molar-refractivity contribution in [1.29, 1.82) is 0 Å². The summed E-state index contributed by atoms with van der Waals surface area (Å²) >= 11 is 0. The third-order valence-corrected chi connectivity index (χ3v) is 5.24. The number of benzene rings is 2. The number of fused-ring (bicyclic) bond motifs is 2. The van der Waals surface area contributed by atoms with E-state index in [0.29, 0.717) is 23.6 Å². The number of carbonyl (C=O) groups is 2. The molecule has 30 heavy (non-hydrogen) atoms. The Hall–Kier alpha value is -3.48. The van der Waals surface area contributed by atoms with Crippen LogP contribution in [0.5, 0.6) is 11.5 Å². The number of aryl methyl sites for hydroxylation is 1. The maximum atomic E-state index is 13.0. The molecule has 156 valence electrons. The Morgan fingerprint density at radius 2 is 1.90 bits per heavy atom. The van der Waals surface area contributed by atoms with Gasteiger partial charge in [0.05, 0.1) is 19.3 Å². The molecule has 1 atom stereocenters. The average Bonchev–Trinajstić information content (AvgIpc) is 3.37. The number of nitrogens with zero attached hydrogens (tertiary/aromatic N) is 1. The lowest BCUT2D eigenvalue weighted by Crippen LogP contribution is -2.17. The molecular formula is C23H23NO6. The number of ether oxygens (including phenoxy) is 4. The molecule has 4 rings (SSSR count). The van der Waals surface area contributed by atoms with Gasteiger partial charge in [0.25, 0.3) is 0 Å². The molecule has 0 N–H and O–H groups in total. The summed E-state index contributed by atoms with van der Waals surface area (Å²) in [5.74, 6) is -0.128. The normalized spacial score (nSPS) is 13.3. The van der Waals surface area contributed by atoms with Gasteiger partial charge in [0.15, 0.2) is 11.5 Å². The Balaban J connectivity index is 1.88. The van der Waals surface area contributed by atoms with Crippen LogP contribution in [-0.2, 0) is 20.8 Å². The minimum atomic E-state index is -0.640. The first-order valence-corrected chi connectivity index (χ1v) is 9.84. The largest absolute Gasteiger partial charge is 0.465 e. The van der Waals surface area contributed by atoms with Crippen molar-refractivity contribution in [3.05, 3.63) is 59.3 Å². The molecule has 0 radical (unpaired) electrons. The van der Waals surface area contributed by atoms with E-state index in [0.717, 1.165) is 22.0 Å².